The number of nitrogens with zero attached hydrogens (tertiary/aromatic N) is 3. The zero-order valence-corrected chi connectivity index (χ0v) is 11.7. The number of aromatic nitrogens is 2. The summed E-state index contributed by atoms with van der Waals surface area (Å²) in [6, 6.07) is 5.96. The van der Waals surface area contributed by atoms with E-state index >= 15 is 0 Å². The van der Waals surface area contributed by atoms with Gasteiger partial charge in [0.05, 0.1) is 12.4 Å². The van der Waals surface area contributed by atoms with Crippen LogP contribution < -0.4 is 16.2 Å². The van der Waals surface area contributed by atoms with Crippen molar-refractivity contribution < 1.29 is 4.79 Å². The summed E-state index contributed by atoms with van der Waals surface area (Å²) in [5, 5.41) is 0. The summed E-state index contributed by atoms with van der Waals surface area (Å²) in [5.41, 5.74) is 5.68. The molecule has 0 aliphatic rings. The molecule has 20 heavy (non-hydrogen) atoms. The Bertz CT molecular complexity index is 604. The number of anilines is 2. The number of nitrogens with two attached hydrogens (primary N) is 1. The first-order valence-electron chi connectivity index (χ1n) is 6.16. The van der Waals surface area contributed by atoms with Gasteiger partial charge >= 0.3 is 0 Å². The lowest BCUT2D eigenvalue weighted by Gasteiger charge is -2.18. The fourth-order valence-electron chi connectivity index (χ4n) is 1.95. The molecule has 104 valence electrons. The van der Waals surface area contributed by atoms with Gasteiger partial charge in [-0.2, -0.15) is 0 Å². The van der Waals surface area contributed by atoms with Crippen LogP contribution in [0.5, 0.6) is 0 Å². The van der Waals surface area contributed by atoms with E-state index in [0.717, 1.165) is 16.8 Å². The van der Waals surface area contributed by atoms with E-state index in [1.165, 1.54) is 12.4 Å². The molecule has 0 saturated heterocycles. The van der Waals surface area contributed by atoms with E-state index < -0.39 is 0 Å². The molecular weight excluding hydrogens is 254 g/mol. The Morgan fingerprint density at radius 3 is 2.30 bits per heavy atom. The highest BCUT2D eigenvalue weighted by molar-refractivity contribution is 6.04. The van der Waals surface area contributed by atoms with Crippen molar-refractivity contribution in [3.05, 3.63) is 47.4 Å². The number of hydrogen-bond donors (Lipinski definition) is 2. The van der Waals surface area contributed by atoms with Crippen LogP contribution in [0.2, 0.25) is 0 Å². The van der Waals surface area contributed by atoms with Gasteiger partial charge in [-0.05, 0) is 37.1 Å². The van der Waals surface area contributed by atoms with E-state index in [9.17, 15) is 4.79 Å². The minimum Gasteiger partial charge on any atom is -0.310 e. The van der Waals surface area contributed by atoms with Crippen LogP contribution >= 0.6 is 0 Å². The highest BCUT2D eigenvalue weighted by Gasteiger charge is 2.15. The number of nitrogen functional groups attached to an aromatic ring is 1. The number of hydrogen-bond acceptors (Lipinski definition) is 5. The van der Waals surface area contributed by atoms with Gasteiger partial charge in [0, 0.05) is 12.7 Å². The van der Waals surface area contributed by atoms with Gasteiger partial charge < -0.3 is 10.3 Å². The van der Waals surface area contributed by atoms with Crippen LogP contribution in [0.15, 0.2) is 30.6 Å². The highest BCUT2D eigenvalue weighted by atomic mass is 16.2. The third-order valence-corrected chi connectivity index (χ3v) is 2.92. The molecule has 1 aromatic carbocycles. The predicted molar refractivity (Wildman–Crippen MR) is 78.5 cm³/mol. The van der Waals surface area contributed by atoms with Crippen molar-refractivity contribution in [2.45, 2.75) is 13.8 Å². The molecule has 0 fully saturated rings. The maximum Gasteiger partial charge on any atom is 0.278 e. The topological polar surface area (TPSA) is 84.1 Å². The highest BCUT2D eigenvalue weighted by Crippen LogP contribution is 2.19. The van der Waals surface area contributed by atoms with E-state index in [1.54, 1.807) is 11.9 Å². The number of aryl methyl sites for hydroxylation is 2. The summed E-state index contributed by atoms with van der Waals surface area (Å²) in [4.78, 5) is 21.9. The minimum atomic E-state index is -0.217. The number of benzene rings is 1. The first kappa shape index (κ1) is 14.0. The lowest BCUT2D eigenvalue weighted by atomic mass is 10.1. The Balaban J connectivity index is 2.27. The summed E-state index contributed by atoms with van der Waals surface area (Å²) in [7, 11) is 1.72. The van der Waals surface area contributed by atoms with E-state index in [4.69, 9.17) is 5.84 Å². The van der Waals surface area contributed by atoms with E-state index in [1.807, 2.05) is 26.0 Å². The van der Waals surface area contributed by atoms with Crippen LogP contribution in [-0.4, -0.2) is 22.9 Å². The summed E-state index contributed by atoms with van der Waals surface area (Å²) in [6.07, 6.45) is 2.82. The third-order valence-electron chi connectivity index (χ3n) is 2.92. The van der Waals surface area contributed by atoms with Crippen molar-refractivity contribution in [3.63, 3.8) is 0 Å². The molecule has 2 aromatic rings. The number of rotatable bonds is 3. The van der Waals surface area contributed by atoms with Gasteiger partial charge in [0.25, 0.3) is 5.91 Å². The molecule has 1 heterocycles. The maximum atomic E-state index is 12.3. The SMILES string of the molecule is Cc1cc(C)cc(N(C)C(=O)c2cnc(NN)cn2)c1. The molecular formula is C14H17N5O. The quantitative estimate of drug-likeness (QED) is 0.655. The molecule has 0 unspecified atom stereocenters. The molecule has 0 aliphatic heterocycles. The third kappa shape index (κ3) is 2.92. The lowest BCUT2D eigenvalue weighted by Crippen LogP contribution is -2.27. The monoisotopic (exact) mass is 271 g/mol. The summed E-state index contributed by atoms with van der Waals surface area (Å²) >= 11 is 0. The molecule has 0 radical (unpaired) electrons. The first-order chi connectivity index (χ1) is 9.51. The molecule has 0 aliphatic carbocycles. The van der Waals surface area contributed by atoms with Crippen LogP contribution in [0.4, 0.5) is 11.5 Å². The molecule has 3 N–H and O–H groups in total. The second-order valence-corrected chi connectivity index (χ2v) is 4.64. The van der Waals surface area contributed by atoms with Gasteiger partial charge in [0.1, 0.15) is 5.69 Å². The Hall–Kier alpha value is -2.47. The number of hydrazine groups is 1. The zero-order chi connectivity index (χ0) is 14.7. The van der Waals surface area contributed by atoms with Crippen molar-refractivity contribution in [2.24, 2.45) is 5.84 Å². The van der Waals surface area contributed by atoms with Crippen LogP contribution in [0.3, 0.4) is 0 Å². The maximum absolute atomic E-state index is 12.3. The van der Waals surface area contributed by atoms with Gasteiger partial charge in [-0.3, -0.25) is 4.79 Å². The van der Waals surface area contributed by atoms with Crippen molar-refractivity contribution in [1.82, 2.24) is 9.97 Å². The van der Waals surface area contributed by atoms with Gasteiger partial charge in [-0.1, -0.05) is 6.07 Å². The van der Waals surface area contributed by atoms with Crippen LogP contribution in [0.1, 0.15) is 21.6 Å². The molecule has 6 nitrogen and oxygen atoms in total. The number of carbonyl (C=O) groups excluding carboxylic acids is 1. The first-order valence-corrected chi connectivity index (χ1v) is 6.16. The average molecular weight is 271 g/mol. The second-order valence-electron chi connectivity index (χ2n) is 4.64. The Morgan fingerprint density at radius 2 is 1.80 bits per heavy atom. The molecule has 1 amide bonds. The molecule has 0 saturated carbocycles. The second kappa shape index (κ2) is 5.66. The van der Waals surface area contributed by atoms with E-state index in [-0.39, 0.29) is 11.6 Å². The van der Waals surface area contributed by atoms with Crippen LogP contribution in [0.25, 0.3) is 0 Å². The standard InChI is InChI=1S/C14H17N5O/c1-9-4-10(2)6-11(5-9)19(3)14(20)12-7-17-13(18-15)8-16-12/h4-8H,15H2,1-3H3,(H,17,18). The van der Waals surface area contributed by atoms with Gasteiger partial charge in [-0.25, -0.2) is 15.8 Å². The van der Waals surface area contributed by atoms with Crippen molar-refractivity contribution in [1.29, 1.82) is 0 Å². The Kier molecular flexibility index (Phi) is 3.95. The van der Waals surface area contributed by atoms with Crippen molar-refractivity contribution in [2.75, 3.05) is 17.4 Å². The average Bonchev–Trinajstić information content (AvgIpc) is 2.45. The molecule has 0 bridgehead atoms. The van der Waals surface area contributed by atoms with Crippen molar-refractivity contribution in [3.8, 4) is 0 Å². The largest absolute Gasteiger partial charge is 0.310 e. The molecule has 2 rings (SSSR count). The predicted octanol–water partition coefficient (Wildman–Crippen LogP) is 1.66. The normalized spacial score (nSPS) is 10.2. The van der Waals surface area contributed by atoms with Crippen LogP contribution in [0, 0.1) is 13.8 Å². The Morgan fingerprint density at radius 1 is 1.15 bits per heavy atom. The fraction of sp³-hybridized carbons (Fsp3) is 0.214. The summed E-state index contributed by atoms with van der Waals surface area (Å²) in [5.74, 6) is 5.41. The van der Waals surface area contributed by atoms with Gasteiger partial charge in [-0.15, -0.1) is 0 Å². The Labute approximate surface area is 117 Å². The lowest BCUT2D eigenvalue weighted by molar-refractivity contribution is 0.0988. The van der Waals surface area contributed by atoms with Crippen LogP contribution in [-0.2, 0) is 0 Å². The molecule has 1 aromatic heterocycles. The number of carbonyl (C=O) groups is 1. The van der Waals surface area contributed by atoms with E-state index in [2.05, 4.69) is 21.5 Å². The van der Waals surface area contributed by atoms with Crippen molar-refractivity contribution >= 4 is 17.4 Å². The molecule has 6 heteroatoms. The smallest absolute Gasteiger partial charge is 0.278 e. The number of amides is 1. The zero-order valence-electron chi connectivity index (χ0n) is 11.7. The fourth-order valence-corrected chi connectivity index (χ4v) is 1.95. The number of nitrogens with one attached hydrogen (secondary N) is 1. The summed E-state index contributed by atoms with van der Waals surface area (Å²) in [6.45, 7) is 3.99. The molecule has 0 spiro atoms. The van der Waals surface area contributed by atoms with Gasteiger partial charge in [0.2, 0.25) is 0 Å². The summed E-state index contributed by atoms with van der Waals surface area (Å²) < 4.78 is 0. The minimum absolute atomic E-state index is 0.217. The van der Waals surface area contributed by atoms with Gasteiger partial charge in [0.15, 0.2) is 5.82 Å². The van der Waals surface area contributed by atoms with E-state index in [0.29, 0.717) is 5.82 Å². The molecule has 0 atom stereocenters.